The molecule has 1 aromatic carbocycles. The van der Waals surface area contributed by atoms with E-state index in [2.05, 4.69) is 50.7 Å². The number of fused-ring (bicyclic) bond motifs is 1. The molecule has 30 heavy (non-hydrogen) atoms. The zero-order chi connectivity index (χ0) is 20.9. The number of rotatable bonds is 6. The third kappa shape index (κ3) is 4.62. The Hall–Kier alpha value is -2.12. The highest BCUT2D eigenvalue weighted by Gasteiger charge is 2.22. The van der Waals surface area contributed by atoms with Crippen LogP contribution in [-0.2, 0) is 6.42 Å². The van der Waals surface area contributed by atoms with Gasteiger partial charge in [-0.2, -0.15) is 0 Å². The maximum Gasteiger partial charge on any atom is 0.261 e. The molecular weight excluding hydrogens is 412 g/mol. The first-order chi connectivity index (χ1) is 14.7. The maximum atomic E-state index is 12.9. The minimum Gasteiger partial charge on any atom is -0.356 e. The normalized spacial score (nSPS) is 14.7. The van der Waals surface area contributed by atoms with E-state index in [0.29, 0.717) is 6.54 Å². The summed E-state index contributed by atoms with van der Waals surface area (Å²) in [4.78, 5) is 27.3. The van der Waals surface area contributed by atoms with Gasteiger partial charge in [-0.25, -0.2) is 9.97 Å². The molecular formula is C23H28N4OS2. The van der Waals surface area contributed by atoms with Gasteiger partial charge in [-0.15, -0.1) is 23.1 Å². The van der Waals surface area contributed by atoms with E-state index in [1.807, 2.05) is 6.92 Å². The molecule has 0 aliphatic carbocycles. The SMILES string of the molecule is CSc1ccc(CCNC(=O)c2sc3ncnc(N4CCCCCC4)c3c2C)cc1. The largest absolute Gasteiger partial charge is 0.356 e. The summed E-state index contributed by atoms with van der Waals surface area (Å²) >= 11 is 3.21. The molecule has 1 fully saturated rings. The molecule has 3 aromatic rings. The van der Waals surface area contributed by atoms with Gasteiger partial charge in [0, 0.05) is 24.5 Å². The molecule has 0 saturated carbocycles. The summed E-state index contributed by atoms with van der Waals surface area (Å²) in [6.45, 7) is 4.70. The van der Waals surface area contributed by atoms with Gasteiger partial charge in [0.15, 0.2) is 0 Å². The van der Waals surface area contributed by atoms with E-state index in [0.717, 1.165) is 46.0 Å². The molecule has 0 atom stereocenters. The highest BCUT2D eigenvalue weighted by atomic mass is 32.2. The Morgan fingerprint density at radius 1 is 1.13 bits per heavy atom. The quantitative estimate of drug-likeness (QED) is 0.542. The first-order valence-corrected chi connectivity index (χ1v) is 12.6. The Morgan fingerprint density at radius 2 is 1.87 bits per heavy atom. The van der Waals surface area contributed by atoms with Crippen LogP contribution < -0.4 is 10.2 Å². The zero-order valence-corrected chi connectivity index (χ0v) is 19.2. The smallest absolute Gasteiger partial charge is 0.261 e. The Kier molecular flexibility index (Phi) is 6.89. The summed E-state index contributed by atoms with van der Waals surface area (Å²) in [6.07, 6.45) is 9.48. The molecule has 0 bridgehead atoms. The van der Waals surface area contributed by atoms with Crippen LogP contribution >= 0.6 is 23.1 Å². The number of thiophene rings is 1. The highest BCUT2D eigenvalue weighted by Crippen LogP contribution is 2.35. The third-order valence-corrected chi connectivity index (χ3v) is 7.62. The fourth-order valence-electron chi connectivity index (χ4n) is 3.98. The van der Waals surface area contributed by atoms with Gasteiger partial charge in [0.25, 0.3) is 5.91 Å². The van der Waals surface area contributed by atoms with Crippen LogP contribution in [0, 0.1) is 6.92 Å². The molecule has 1 aliphatic heterocycles. The van der Waals surface area contributed by atoms with Crippen molar-refractivity contribution >= 4 is 45.0 Å². The van der Waals surface area contributed by atoms with Crippen LogP contribution in [0.5, 0.6) is 0 Å². The van der Waals surface area contributed by atoms with E-state index in [9.17, 15) is 4.79 Å². The van der Waals surface area contributed by atoms with E-state index in [4.69, 9.17) is 0 Å². The van der Waals surface area contributed by atoms with Crippen LogP contribution in [0.2, 0.25) is 0 Å². The zero-order valence-electron chi connectivity index (χ0n) is 17.6. The fraction of sp³-hybridized carbons (Fsp3) is 0.435. The van der Waals surface area contributed by atoms with Crippen LogP contribution in [0.3, 0.4) is 0 Å². The summed E-state index contributed by atoms with van der Waals surface area (Å²) < 4.78 is 0. The van der Waals surface area contributed by atoms with Gasteiger partial charge in [0.1, 0.15) is 17.0 Å². The Balaban J connectivity index is 1.48. The number of thioether (sulfide) groups is 1. The van der Waals surface area contributed by atoms with Gasteiger partial charge in [0.2, 0.25) is 0 Å². The van der Waals surface area contributed by atoms with Crippen molar-refractivity contribution in [1.29, 1.82) is 0 Å². The van der Waals surface area contributed by atoms with Crippen molar-refractivity contribution in [2.24, 2.45) is 0 Å². The third-order valence-electron chi connectivity index (χ3n) is 5.68. The minimum absolute atomic E-state index is 0.0157. The predicted molar refractivity (Wildman–Crippen MR) is 127 cm³/mol. The van der Waals surface area contributed by atoms with Crippen molar-refractivity contribution in [3.63, 3.8) is 0 Å². The van der Waals surface area contributed by atoms with Gasteiger partial charge in [-0.05, 0) is 55.7 Å². The van der Waals surface area contributed by atoms with Gasteiger partial charge in [0.05, 0.1) is 10.3 Å². The summed E-state index contributed by atoms with van der Waals surface area (Å²) in [5.41, 5.74) is 2.23. The Labute approximate surface area is 186 Å². The summed E-state index contributed by atoms with van der Waals surface area (Å²) in [7, 11) is 0. The Morgan fingerprint density at radius 3 is 2.57 bits per heavy atom. The molecule has 1 saturated heterocycles. The van der Waals surface area contributed by atoms with E-state index in [1.165, 1.54) is 47.5 Å². The number of carbonyl (C=O) groups is 1. The van der Waals surface area contributed by atoms with Crippen LogP contribution in [-0.4, -0.2) is 41.8 Å². The van der Waals surface area contributed by atoms with Crippen molar-refractivity contribution in [2.45, 2.75) is 43.9 Å². The number of aromatic nitrogens is 2. The lowest BCUT2D eigenvalue weighted by Gasteiger charge is -2.22. The van der Waals surface area contributed by atoms with Crippen LogP contribution in [0.1, 0.15) is 46.5 Å². The lowest BCUT2D eigenvalue weighted by atomic mass is 10.1. The molecule has 1 N–H and O–H groups in total. The van der Waals surface area contributed by atoms with E-state index < -0.39 is 0 Å². The molecule has 0 spiro atoms. The number of nitrogens with one attached hydrogen (secondary N) is 1. The van der Waals surface area contributed by atoms with Gasteiger partial charge < -0.3 is 10.2 Å². The topological polar surface area (TPSA) is 58.1 Å². The van der Waals surface area contributed by atoms with Crippen molar-refractivity contribution in [1.82, 2.24) is 15.3 Å². The molecule has 7 heteroatoms. The number of hydrogen-bond donors (Lipinski definition) is 1. The van der Waals surface area contributed by atoms with Crippen LogP contribution in [0.25, 0.3) is 10.2 Å². The number of hydrogen-bond acceptors (Lipinski definition) is 6. The predicted octanol–water partition coefficient (Wildman–Crippen LogP) is 5.07. The molecule has 2 aromatic heterocycles. The van der Waals surface area contributed by atoms with Crippen molar-refractivity contribution in [3.05, 3.63) is 46.6 Å². The number of carbonyl (C=O) groups excluding carboxylic acids is 1. The Bertz CT molecular complexity index is 1010. The molecule has 0 unspecified atom stereocenters. The maximum absolute atomic E-state index is 12.9. The summed E-state index contributed by atoms with van der Waals surface area (Å²) in [5, 5.41) is 4.14. The van der Waals surface area contributed by atoms with E-state index in [1.54, 1.807) is 18.1 Å². The first kappa shape index (κ1) is 21.1. The van der Waals surface area contributed by atoms with Gasteiger partial charge in [-0.3, -0.25) is 4.79 Å². The molecule has 1 aliphatic rings. The number of anilines is 1. The molecule has 1 amide bonds. The first-order valence-electron chi connectivity index (χ1n) is 10.6. The van der Waals surface area contributed by atoms with Crippen molar-refractivity contribution in [2.75, 3.05) is 30.8 Å². The average Bonchev–Trinajstić information content (AvgIpc) is 2.94. The van der Waals surface area contributed by atoms with Crippen molar-refractivity contribution < 1.29 is 4.79 Å². The van der Waals surface area contributed by atoms with E-state index >= 15 is 0 Å². The van der Waals surface area contributed by atoms with E-state index in [-0.39, 0.29) is 5.91 Å². The molecule has 5 nitrogen and oxygen atoms in total. The summed E-state index contributed by atoms with van der Waals surface area (Å²) in [5.74, 6) is 0.974. The fourth-order valence-corrected chi connectivity index (χ4v) is 5.45. The minimum atomic E-state index is -0.0157. The second kappa shape index (κ2) is 9.79. The van der Waals surface area contributed by atoms with Crippen molar-refractivity contribution in [3.8, 4) is 0 Å². The lowest BCUT2D eigenvalue weighted by Crippen LogP contribution is -2.26. The average molecular weight is 441 g/mol. The number of aryl methyl sites for hydroxylation is 1. The standard InChI is InChI=1S/C23H28N4OS2/c1-16-19-21(27-13-5-3-4-6-14-27)25-15-26-23(19)30-20(16)22(28)24-12-11-17-7-9-18(29-2)10-8-17/h7-10,15H,3-6,11-14H2,1-2H3,(H,24,28). The van der Waals surface area contributed by atoms with Gasteiger partial charge >= 0.3 is 0 Å². The monoisotopic (exact) mass is 440 g/mol. The number of benzene rings is 1. The highest BCUT2D eigenvalue weighted by molar-refractivity contribution is 7.98. The van der Waals surface area contributed by atoms with Crippen LogP contribution in [0.15, 0.2) is 35.5 Å². The lowest BCUT2D eigenvalue weighted by molar-refractivity contribution is 0.0957. The second-order valence-corrected chi connectivity index (χ2v) is 9.57. The van der Waals surface area contributed by atoms with Crippen LogP contribution in [0.4, 0.5) is 5.82 Å². The molecule has 158 valence electrons. The molecule has 3 heterocycles. The second-order valence-electron chi connectivity index (χ2n) is 7.69. The number of nitrogens with zero attached hydrogens (tertiary/aromatic N) is 3. The molecule has 4 rings (SSSR count). The molecule has 0 radical (unpaired) electrons. The van der Waals surface area contributed by atoms with Gasteiger partial charge in [-0.1, -0.05) is 25.0 Å². The summed E-state index contributed by atoms with van der Waals surface area (Å²) in [6, 6.07) is 8.51. The number of amides is 1.